The highest BCUT2D eigenvalue weighted by molar-refractivity contribution is 5.91. The topological polar surface area (TPSA) is 69.0 Å². The number of para-hydroxylation sites is 1. The molecule has 2 heterocycles. The van der Waals surface area contributed by atoms with Gasteiger partial charge < -0.3 is 9.32 Å². The lowest BCUT2D eigenvalue weighted by Crippen LogP contribution is -2.39. The standard InChI is InChI=1S/C20H21NO5/c1-20(2,19(23)26-25-16-7-4-3-5-8-16)15-10-12-21(13-11-15)18(22)17-9-6-14-24-17/h3-10,14H,11-13H2,1-2H3. The first-order valence-electron chi connectivity index (χ1n) is 8.45. The molecule has 26 heavy (non-hydrogen) atoms. The summed E-state index contributed by atoms with van der Waals surface area (Å²) in [5.74, 6) is 0.151. The van der Waals surface area contributed by atoms with Crippen LogP contribution in [0.3, 0.4) is 0 Å². The molecule has 1 aromatic carbocycles. The molecule has 0 bridgehead atoms. The van der Waals surface area contributed by atoms with Gasteiger partial charge in [-0.25, -0.2) is 9.68 Å². The van der Waals surface area contributed by atoms with E-state index in [-0.39, 0.29) is 5.91 Å². The van der Waals surface area contributed by atoms with Crippen LogP contribution in [0.4, 0.5) is 0 Å². The molecule has 6 heteroatoms. The van der Waals surface area contributed by atoms with Crippen molar-refractivity contribution < 1.29 is 23.8 Å². The van der Waals surface area contributed by atoms with Crippen LogP contribution in [0.15, 0.2) is 64.8 Å². The van der Waals surface area contributed by atoms with Gasteiger partial charge in [0.05, 0.1) is 11.7 Å². The molecule has 0 N–H and O–H groups in total. The molecular weight excluding hydrogens is 334 g/mol. The molecular formula is C20H21NO5. The average molecular weight is 355 g/mol. The Kier molecular flexibility index (Phi) is 5.11. The molecule has 1 amide bonds. The molecule has 2 aromatic rings. The van der Waals surface area contributed by atoms with E-state index in [1.54, 1.807) is 55.1 Å². The minimum atomic E-state index is -0.839. The van der Waals surface area contributed by atoms with Gasteiger partial charge in [0.2, 0.25) is 0 Å². The number of carbonyl (C=O) groups excluding carboxylic acids is 2. The van der Waals surface area contributed by atoms with Crippen LogP contribution in [0.5, 0.6) is 5.75 Å². The van der Waals surface area contributed by atoms with Crippen LogP contribution >= 0.6 is 0 Å². The molecule has 0 saturated carbocycles. The third-order valence-corrected chi connectivity index (χ3v) is 4.50. The molecule has 0 spiro atoms. The number of benzene rings is 1. The van der Waals surface area contributed by atoms with Gasteiger partial charge >= 0.3 is 5.97 Å². The van der Waals surface area contributed by atoms with Crippen molar-refractivity contribution in [3.8, 4) is 5.75 Å². The van der Waals surface area contributed by atoms with E-state index < -0.39 is 11.4 Å². The molecule has 0 aliphatic carbocycles. The minimum absolute atomic E-state index is 0.155. The smallest absolute Gasteiger partial charge is 0.364 e. The zero-order valence-corrected chi connectivity index (χ0v) is 14.8. The van der Waals surface area contributed by atoms with Crippen LogP contribution in [0.25, 0.3) is 0 Å². The lowest BCUT2D eigenvalue weighted by atomic mass is 9.81. The number of carbonyl (C=O) groups is 2. The van der Waals surface area contributed by atoms with Crippen molar-refractivity contribution in [2.75, 3.05) is 13.1 Å². The minimum Gasteiger partial charge on any atom is -0.459 e. The fourth-order valence-electron chi connectivity index (χ4n) is 2.77. The summed E-state index contributed by atoms with van der Waals surface area (Å²) < 4.78 is 5.15. The summed E-state index contributed by atoms with van der Waals surface area (Å²) in [4.78, 5) is 36.5. The predicted octanol–water partition coefficient (Wildman–Crippen LogP) is 3.62. The molecule has 0 radical (unpaired) electrons. The molecule has 0 atom stereocenters. The summed E-state index contributed by atoms with van der Waals surface area (Å²) >= 11 is 0. The zero-order valence-electron chi connectivity index (χ0n) is 14.8. The number of hydrogen-bond acceptors (Lipinski definition) is 5. The second-order valence-electron chi connectivity index (χ2n) is 6.60. The van der Waals surface area contributed by atoms with Gasteiger partial charge in [-0.05, 0) is 44.5 Å². The molecule has 0 unspecified atom stereocenters. The van der Waals surface area contributed by atoms with Crippen LogP contribution < -0.4 is 4.89 Å². The van der Waals surface area contributed by atoms with Gasteiger partial charge in [-0.15, -0.1) is 0 Å². The van der Waals surface area contributed by atoms with Crippen molar-refractivity contribution in [2.24, 2.45) is 5.41 Å². The maximum atomic E-state index is 12.5. The second-order valence-corrected chi connectivity index (χ2v) is 6.60. The Labute approximate surface area is 151 Å². The van der Waals surface area contributed by atoms with Crippen LogP contribution in [0, 0.1) is 5.41 Å². The Balaban J connectivity index is 1.60. The van der Waals surface area contributed by atoms with Crippen molar-refractivity contribution >= 4 is 11.9 Å². The van der Waals surface area contributed by atoms with Gasteiger partial charge in [-0.2, -0.15) is 0 Å². The zero-order chi connectivity index (χ0) is 18.6. The first kappa shape index (κ1) is 17.8. The third kappa shape index (κ3) is 3.79. The highest BCUT2D eigenvalue weighted by atomic mass is 17.2. The van der Waals surface area contributed by atoms with Crippen LogP contribution in [0.2, 0.25) is 0 Å². The summed E-state index contributed by atoms with van der Waals surface area (Å²) in [7, 11) is 0. The van der Waals surface area contributed by atoms with Crippen molar-refractivity contribution in [1.82, 2.24) is 4.90 Å². The van der Waals surface area contributed by atoms with E-state index in [9.17, 15) is 9.59 Å². The molecule has 3 rings (SSSR count). The monoisotopic (exact) mass is 355 g/mol. The Morgan fingerprint density at radius 1 is 1.12 bits per heavy atom. The Bertz CT molecular complexity index is 793. The van der Waals surface area contributed by atoms with E-state index in [1.165, 1.54) is 6.26 Å². The maximum absolute atomic E-state index is 12.5. The summed E-state index contributed by atoms with van der Waals surface area (Å²) in [5, 5.41) is 0. The molecule has 136 valence electrons. The van der Waals surface area contributed by atoms with E-state index >= 15 is 0 Å². The molecule has 0 fully saturated rings. The van der Waals surface area contributed by atoms with Crippen molar-refractivity contribution in [1.29, 1.82) is 0 Å². The van der Waals surface area contributed by atoms with E-state index in [2.05, 4.69) is 0 Å². The lowest BCUT2D eigenvalue weighted by Gasteiger charge is -2.32. The number of nitrogens with zero attached hydrogens (tertiary/aromatic N) is 1. The van der Waals surface area contributed by atoms with E-state index in [4.69, 9.17) is 14.2 Å². The molecule has 1 aliphatic rings. The van der Waals surface area contributed by atoms with Crippen molar-refractivity contribution in [3.05, 3.63) is 66.1 Å². The molecule has 1 aliphatic heterocycles. The van der Waals surface area contributed by atoms with Crippen LogP contribution in [0.1, 0.15) is 30.8 Å². The summed E-state index contributed by atoms with van der Waals surface area (Å²) in [6.07, 6.45) is 3.96. The van der Waals surface area contributed by atoms with Crippen LogP contribution in [-0.2, 0) is 9.68 Å². The first-order valence-corrected chi connectivity index (χ1v) is 8.45. The summed E-state index contributed by atoms with van der Waals surface area (Å²) in [6, 6.07) is 12.2. The number of rotatable bonds is 5. The van der Waals surface area contributed by atoms with E-state index in [0.717, 1.165) is 5.57 Å². The molecule has 1 aromatic heterocycles. The highest BCUT2D eigenvalue weighted by Crippen LogP contribution is 2.33. The quantitative estimate of drug-likeness (QED) is 0.465. The van der Waals surface area contributed by atoms with E-state index in [0.29, 0.717) is 31.0 Å². The van der Waals surface area contributed by atoms with Gasteiger partial charge in [-0.1, -0.05) is 29.8 Å². The summed E-state index contributed by atoms with van der Waals surface area (Å²) in [6.45, 7) is 4.52. The number of hydrogen-bond donors (Lipinski definition) is 0. The lowest BCUT2D eigenvalue weighted by molar-refractivity contribution is -0.222. The van der Waals surface area contributed by atoms with E-state index in [1.807, 2.05) is 12.1 Å². The van der Waals surface area contributed by atoms with Gasteiger partial charge in [0.1, 0.15) is 0 Å². The Morgan fingerprint density at radius 2 is 1.88 bits per heavy atom. The SMILES string of the molecule is CC(C)(C(=O)OOc1ccccc1)C1=CCN(C(=O)c2ccco2)CC1. The first-order chi connectivity index (χ1) is 12.5. The van der Waals surface area contributed by atoms with Gasteiger partial charge in [0.15, 0.2) is 11.5 Å². The third-order valence-electron chi connectivity index (χ3n) is 4.50. The van der Waals surface area contributed by atoms with Gasteiger partial charge in [0, 0.05) is 13.1 Å². The normalized spacial score (nSPS) is 14.5. The molecule has 6 nitrogen and oxygen atoms in total. The Hall–Kier alpha value is -3.02. The summed E-state index contributed by atoms with van der Waals surface area (Å²) in [5.41, 5.74) is 0.0804. The molecule has 0 saturated heterocycles. The average Bonchev–Trinajstić information content (AvgIpc) is 3.21. The van der Waals surface area contributed by atoms with Crippen LogP contribution in [-0.4, -0.2) is 29.9 Å². The predicted molar refractivity (Wildman–Crippen MR) is 94.3 cm³/mol. The fourth-order valence-corrected chi connectivity index (χ4v) is 2.77. The van der Waals surface area contributed by atoms with Crippen molar-refractivity contribution in [3.63, 3.8) is 0 Å². The number of furan rings is 1. The largest absolute Gasteiger partial charge is 0.459 e. The van der Waals surface area contributed by atoms with Gasteiger partial charge in [0.25, 0.3) is 5.91 Å². The maximum Gasteiger partial charge on any atom is 0.364 e. The second kappa shape index (κ2) is 7.47. The fraction of sp³-hybridized carbons (Fsp3) is 0.300. The number of amides is 1. The van der Waals surface area contributed by atoms with Crippen molar-refractivity contribution in [2.45, 2.75) is 20.3 Å². The highest BCUT2D eigenvalue weighted by Gasteiger charge is 2.37. The Morgan fingerprint density at radius 3 is 2.50 bits per heavy atom. The van der Waals surface area contributed by atoms with Gasteiger partial charge in [-0.3, -0.25) is 9.68 Å².